The molecule has 3 rings (SSSR count). The van der Waals surface area contributed by atoms with Crippen LogP contribution in [0.25, 0.3) is 6.08 Å². The molecule has 0 atom stereocenters. The fourth-order valence-electron chi connectivity index (χ4n) is 2.40. The van der Waals surface area contributed by atoms with E-state index in [1.807, 2.05) is 6.07 Å². The smallest absolute Gasteiger partial charge is 0.270 e. The van der Waals surface area contributed by atoms with Crippen LogP contribution < -0.4 is 14.4 Å². The van der Waals surface area contributed by atoms with E-state index >= 15 is 0 Å². The standard InChI is InChI=1S/C18H14FNO3S2/c1-22-14-7-6-11(8-15(14)23-2)9-16-17(21)20(18(24)25-16)13-5-3-4-12(19)10-13/h3-10H,1-2H3/b16-9-. The van der Waals surface area contributed by atoms with Crippen molar-refractivity contribution in [2.24, 2.45) is 0 Å². The lowest BCUT2D eigenvalue weighted by Crippen LogP contribution is -2.27. The Hall–Kier alpha value is -2.38. The van der Waals surface area contributed by atoms with E-state index in [1.54, 1.807) is 44.6 Å². The monoisotopic (exact) mass is 375 g/mol. The molecule has 2 aromatic carbocycles. The van der Waals surface area contributed by atoms with Crippen molar-refractivity contribution in [1.29, 1.82) is 0 Å². The van der Waals surface area contributed by atoms with Crippen molar-refractivity contribution < 1.29 is 18.7 Å². The molecule has 25 heavy (non-hydrogen) atoms. The van der Waals surface area contributed by atoms with Crippen LogP contribution in [0.4, 0.5) is 10.1 Å². The highest BCUT2D eigenvalue weighted by Crippen LogP contribution is 2.37. The van der Waals surface area contributed by atoms with Gasteiger partial charge in [-0.1, -0.05) is 36.1 Å². The number of rotatable bonds is 4. The summed E-state index contributed by atoms with van der Waals surface area (Å²) in [5, 5.41) is 0. The molecular formula is C18H14FNO3S2. The third-order valence-corrected chi connectivity index (χ3v) is 4.87. The van der Waals surface area contributed by atoms with Crippen LogP contribution in [0.1, 0.15) is 5.56 Å². The molecule has 1 aliphatic rings. The Morgan fingerprint density at radius 1 is 1.12 bits per heavy atom. The Kier molecular flexibility index (Phi) is 5.06. The van der Waals surface area contributed by atoms with Gasteiger partial charge in [0.05, 0.1) is 24.8 Å². The first-order valence-electron chi connectivity index (χ1n) is 7.29. The number of amides is 1. The number of ether oxygens (including phenoxy) is 2. The van der Waals surface area contributed by atoms with Gasteiger partial charge in [-0.25, -0.2) is 4.39 Å². The summed E-state index contributed by atoms with van der Waals surface area (Å²) in [6.07, 6.45) is 1.72. The van der Waals surface area contributed by atoms with Gasteiger partial charge in [-0.15, -0.1) is 0 Å². The Morgan fingerprint density at radius 3 is 2.56 bits per heavy atom. The highest BCUT2D eigenvalue weighted by atomic mass is 32.2. The quantitative estimate of drug-likeness (QED) is 0.590. The van der Waals surface area contributed by atoms with E-state index in [0.717, 1.165) is 5.56 Å². The van der Waals surface area contributed by atoms with Gasteiger partial charge in [0.25, 0.3) is 5.91 Å². The van der Waals surface area contributed by atoms with Gasteiger partial charge in [-0.2, -0.15) is 0 Å². The molecule has 0 spiro atoms. The van der Waals surface area contributed by atoms with Crippen LogP contribution >= 0.6 is 24.0 Å². The lowest BCUT2D eigenvalue weighted by atomic mass is 10.2. The van der Waals surface area contributed by atoms with Gasteiger partial charge in [0.1, 0.15) is 5.82 Å². The lowest BCUT2D eigenvalue weighted by Gasteiger charge is -2.14. The second-order valence-corrected chi connectivity index (χ2v) is 6.79. The number of nitrogens with zero attached hydrogens (tertiary/aromatic N) is 1. The summed E-state index contributed by atoms with van der Waals surface area (Å²) in [5.74, 6) is 0.467. The molecule has 1 heterocycles. The van der Waals surface area contributed by atoms with Gasteiger partial charge < -0.3 is 9.47 Å². The molecule has 2 aromatic rings. The first-order valence-corrected chi connectivity index (χ1v) is 8.51. The molecule has 0 bridgehead atoms. The fraction of sp³-hybridized carbons (Fsp3) is 0.111. The largest absolute Gasteiger partial charge is 0.493 e. The Balaban J connectivity index is 1.93. The van der Waals surface area contributed by atoms with Gasteiger partial charge in [0.2, 0.25) is 0 Å². The number of methoxy groups -OCH3 is 2. The van der Waals surface area contributed by atoms with Crippen LogP contribution in [0.3, 0.4) is 0 Å². The molecule has 0 aromatic heterocycles. The lowest BCUT2D eigenvalue weighted by molar-refractivity contribution is -0.113. The minimum atomic E-state index is -0.421. The maximum Gasteiger partial charge on any atom is 0.270 e. The van der Waals surface area contributed by atoms with Crippen molar-refractivity contribution in [2.45, 2.75) is 0 Å². The number of carbonyl (C=O) groups is 1. The van der Waals surface area contributed by atoms with Gasteiger partial charge in [0, 0.05) is 0 Å². The number of anilines is 1. The molecule has 0 aliphatic carbocycles. The summed E-state index contributed by atoms with van der Waals surface area (Å²) in [5.41, 5.74) is 1.19. The Bertz CT molecular complexity index is 882. The summed E-state index contributed by atoms with van der Waals surface area (Å²) in [6, 6.07) is 11.1. The predicted octanol–water partition coefficient (Wildman–Crippen LogP) is 4.25. The van der Waals surface area contributed by atoms with Crippen molar-refractivity contribution in [2.75, 3.05) is 19.1 Å². The van der Waals surface area contributed by atoms with Crippen molar-refractivity contribution in [3.8, 4) is 11.5 Å². The molecule has 1 fully saturated rings. The minimum Gasteiger partial charge on any atom is -0.493 e. The average Bonchev–Trinajstić information content (AvgIpc) is 2.88. The van der Waals surface area contributed by atoms with Crippen LogP contribution in [0.2, 0.25) is 0 Å². The van der Waals surface area contributed by atoms with E-state index in [2.05, 4.69) is 0 Å². The maximum absolute atomic E-state index is 13.4. The highest BCUT2D eigenvalue weighted by molar-refractivity contribution is 8.27. The molecule has 1 saturated heterocycles. The SMILES string of the molecule is COc1ccc(/C=C2\SC(=S)N(c3cccc(F)c3)C2=O)cc1OC. The van der Waals surface area contributed by atoms with Crippen LogP contribution in [-0.4, -0.2) is 24.4 Å². The Labute approximate surface area is 154 Å². The molecule has 0 saturated carbocycles. The van der Waals surface area contributed by atoms with Crippen LogP contribution in [0, 0.1) is 5.82 Å². The van der Waals surface area contributed by atoms with E-state index < -0.39 is 5.82 Å². The third-order valence-electron chi connectivity index (χ3n) is 3.57. The number of carbonyl (C=O) groups excluding carboxylic acids is 1. The van der Waals surface area contributed by atoms with E-state index in [0.29, 0.717) is 26.4 Å². The minimum absolute atomic E-state index is 0.282. The van der Waals surface area contributed by atoms with Crippen molar-refractivity contribution in [3.05, 3.63) is 58.8 Å². The third kappa shape index (κ3) is 3.52. The fourth-order valence-corrected chi connectivity index (χ4v) is 3.70. The molecule has 0 unspecified atom stereocenters. The van der Waals surface area contributed by atoms with Gasteiger partial charge in [-0.05, 0) is 42.0 Å². The van der Waals surface area contributed by atoms with Crippen molar-refractivity contribution in [3.63, 3.8) is 0 Å². The van der Waals surface area contributed by atoms with Crippen LogP contribution in [0.15, 0.2) is 47.4 Å². The number of hydrogen-bond donors (Lipinski definition) is 0. The molecular weight excluding hydrogens is 361 g/mol. The van der Waals surface area contributed by atoms with Gasteiger partial charge in [0.15, 0.2) is 15.8 Å². The molecule has 4 nitrogen and oxygen atoms in total. The summed E-state index contributed by atoms with van der Waals surface area (Å²) in [7, 11) is 3.10. The van der Waals surface area contributed by atoms with E-state index in [-0.39, 0.29) is 5.91 Å². The van der Waals surface area contributed by atoms with E-state index in [4.69, 9.17) is 21.7 Å². The zero-order chi connectivity index (χ0) is 18.0. The number of thioether (sulfide) groups is 1. The first kappa shape index (κ1) is 17.4. The van der Waals surface area contributed by atoms with Gasteiger partial charge >= 0.3 is 0 Å². The van der Waals surface area contributed by atoms with Crippen LogP contribution in [0.5, 0.6) is 11.5 Å². The normalized spacial score (nSPS) is 15.8. The zero-order valence-corrected chi connectivity index (χ0v) is 15.1. The van der Waals surface area contributed by atoms with E-state index in [9.17, 15) is 9.18 Å². The van der Waals surface area contributed by atoms with Crippen LogP contribution in [-0.2, 0) is 4.79 Å². The summed E-state index contributed by atoms with van der Waals surface area (Å²) in [4.78, 5) is 14.5. The number of hydrogen-bond acceptors (Lipinski definition) is 5. The van der Waals surface area contributed by atoms with Crippen molar-refractivity contribution >= 4 is 46.0 Å². The zero-order valence-electron chi connectivity index (χ0n) is 13.5. The Morgan fingerprint density at radius 2 is 1.88 bits per heavy atom. The summed E-state index contributed by atoms with van der Waals surface area (Å²) >= 11 is 6.46. The molecule has 7 heteroatoms. The topological polar surface area (TPSA) is 38.8 Å². The molecule has 1 aliphatic heterocycles. The predicted molar refractivity (Wildman–Crippen MR) is 102 cm³/mol. The molecule has 0 radical (unpaired) electrons. The second kappa shape index (κ2) is 7.25. The summed E-state index contributed by atoms with van der Waals surface area (Å²) in [6.45, 7) is 0. The number of halogens is 1. The first-order chi connectivity index (χ1) is 12.0. The molecule has 0 N–H and O–H groups in total. The number of benzene rings is 2. The highest BCUT2D eigenvalue weighted by Gasteiger charge is 2.33. The molecule has 1 amide bonds. The summed E-state index contributed by atoms with van der Waals surface area (Å²) < 4.78 is 24.3. The molecule has 128 valence electrons. The average molecular weight is 375 g/mol. The second-order valence-electron chi connectivity index (χ2n) is 5.11. The van der Waals surface area contributed by atoms with E-state index in [1.165, 1.54) is 28.8 Å². The van der Waals surface area contributed by atoms with Crippen molar-refractivity contribution in [1.82, 2.24) is 0 Å². The maximum atomic E-state index is 13.4. The van der Waals surface area contributed by atoms with Gasteiger partial charge in [-0.3, -0.25) is 9.69 Å². The number of thiocarbonyl (C=S) groups is 1.